The molecule has 3 nitrogen and oxygen atoms in total. The van der Waals surface area contributed by atoms with Gasteiger partial charge in [-0.05, 0) is 28.5 Å². The molecule has 0 aromatic carbocycles. The van der Waals surface area contributed by atoms with Gasteiger partial charge in [0.05, 0.1) is 0 Å². The van der Waals surface area contributed by atoms with E-state index in [-0.39, 0.29) is 0 Å². The summed E-state index contributed by atoms with van der Waals surface area (Å²) in [5, 5.41) is 10.6. The minimum Gasteiger partial charge on any atom is -0.260 e. The van der Waals surface area contributed by atoms with E-state index in [0.717, 1.165) is 5.82 Å². The number of aromatic amines is 1. The Hall–Kier alpha value is -1.42. The number of hydrogen-bond donors (Lipinski definition) is 1. The molecule has 60 valence electrons. The smallest absolute Gasteiger partial charge is 0.148 e. The average molecular weight is 177 g/mol. The minimum atomic E-state index is 0.779. The van der Waals surface area contributed by atoms with Crippen LogP contribution in [0.5, 0.6) is 0 Å². The van der Waals surface area contributed by atoms with Gasteiger partial charge in [0.15, 0.2) is 0 Å². The lowest BCUT2D eigenvalue weighted by Crippen LogP contribution is -1.72. The van der Waals surface area contributed by atoms with Crippen molar-refractivity contribution >= 4 is 23.5 Å². The molecule has 0 aliphatic heterocycles. The van der Waals surface area contributed by atoms with Crippen LogP contribution in [0.4, 0.5) is 0 Å². The van der Waals surface area contributed by atoms with Gasteiger partial charge in [-0.15, -0.1) is 0 Å². The number of nitrogens with one attached hydrogen (secondary N) is 1. The number of hydrogen-bond acceptors (Lipinski definition) is 3. The molecule has 2 aromatic heterocycles. The van der Waals surface area contributed by atoms with Crippen molar-refractivity contribution in [1.82, 2.24) is 15.2 Å². The van der Waals surface area contributed by atoms with Crippen LogP contribution in [0.3, 0.4) is 0 Å². The van der Waals surface area contributed by atoms with Crippen LogP contribution in [-0.2, 0) is 0 Å². The van der Waals surface area contributed by atoms with Crippen LogP contribution in [0.1, 0.15) is 11.4 Å². The molecule has 0 amide bonds. The largest absolute Gasteiger partial charge is 0.260 e. The molecule has 4 heteroatoms. The second-order valence-electron chi connectivity index (χ2n) is 2.26. The zero-order valence-corrected chi connectivity index (χ0v) is 7.08. The Balaban J connectivity index is 2.14. The van der Waals surface area contributed by atoms with Gasteiger partial charge >= 0.3 is 0 Å². The number of nitrogens with zero attached hydrogens (tertiary/aromatic N) is 2. The molecule has 0 saturated carbocycles. The lowest BCUT2D eigenvalue weighted by Gasteiger charge is -1.81. The Bertz CT molecular complexity index is 311. The Labute approximate surface area is 73.8 Å². The summed E-state index contributed by atoms with van der Waals surface area (Å²) in [6, 6.07) is 2.05. The fourth-order valence-corrected chi connectivity index (χ4v) is 1.47. The number of thiophene rings is 1. The molecule has 0 aliphatic rings. The van der Waals surface area contributed by atoms with Crippen molar-refractivity contribution in [2.75, 3.05) is 0 Å². The summed E-state index contributed by atoms with van der Waals surface area (Å²) in [7, 11) is 0. The second-order valence-corrected chi connectivity index (χ2v) is 3.04. The van der Waals surface area contributed by atoms with E-state index in [9.17, 15) is 0 Å². The Morgan fingerprint density at radius 1 is 1.42 bits per heavy atom. The van der Waals surface area contributed by atoms with E-state index in [1.165, 1.54) is 11.9 Å². The first kappa shape index (κ1) is 7.24. The van der Waals surface area contributed by atoms with Gasteiger partial charge in [-0.25, -0.2) is 4.98 Å². The fourth-order valence-electron chi connectivity index (χ4n) is 0.840. The highest BCUT2D eigenvalue weighted by Gasteiger charge is 1.88. The maximum atomic E-state index is 3.97. The van der Waals surface area contributed by atoms with E-state index in [4.69, 9.17) is 0 Å². The minimum absolute atomic E-state index is 0.779. The molecule has 2 heterocycles. The normalized spacial score (nSPS) is 11.0. The zero-order valence-electron chi connectivity index (χ0n) is 6.27. The van der Waals surface area contributed by atoms with Gasteiger partial charge in [0.2, 0.25) is 0 Å². The quantitative estimate of drug-likeness (QED) is 0.762. The van der Waals surface area contributed by atoms with Gasteiger partial charge in [-0.1, -0.05) is 6.08 Å². The second kappa shape index (κ2) is 3.32. The molecule has 2 rings (SSSR count). The summed E-state index contributed by atoms with van der Waals surface area (Å²) in [5.41, 5.74) is 1.19. The summed E-state index contributed by atoms with van der Waals surface area (Å²) in [5.74, 6) is 0.779. The third-order valence-corrected chi connectivity index (χ3v) is 2.11. The number of rotatable bonds is 2. The molecule has 2 aromatic rings. The first-order valence-electron chi connectivity index (χ1n) is 3.51. The van der Waals surface area contributed by atoms with E-state index in [0.29, 0.717) is 0 Å². The highest BCUT2D eigenvalue weighted by Crippen LogP contribution is 2.08. The van der Waals surface area contributed by atoms with Gasteiger partial charge in [-0.3, -0.25) is 5.10 Å². The summed E-state index contributed by atoms with van der Waals surface area (Å²) < 4.78 is 0. The first-order chi connectivity index (χ1) is 5.95. The van der Waals surface area contributed by atoms with Crippen molar-refractivity contribution in [2.24, 2.45) is 0 Å². The molecule has 0 spiro atoms. The van der Waals surface area contributed by atoms with E-state index in [2.05, 4.69) is 26.6 Å². The zero-order chi connectivity index (χ0) is 8.23. The van der Waals surface area contributed by atoms with Gasteiger partial charge in [0.1, 0.15) is 12.2 Å². The van der Waals surface area contributed by atoms with Crippen LogP contribution in [0.15, 0.2) is 23.2 Å². The third kappa shape index (κ3) is 1.60. The maximum absolute atomic E-state index is 3.97. The van der Waals surface area contributed by atoms with Crippen LogP contribution >= 0.6 is 11.3 Å². The third-order valence-electron chi connectivity index (χ3n) is 1.41. The summed E-state index contributed by atoms with van der Waals surface area (Å²) in [4.78, 5) is 3.97. The molecule has 0 bridgehead atoms. The predicted molar refractivity (Wildman–Crippen MR) is 49.6 cm³/mol. The first-order valence-corrected chi connectivity index (χ1v) is 4.45. The topological polar surface area (TPSA) is 41.6 Å². The highest BCUT2D eigenvalue weighted by molar-refractivity contribution is 7.08. The molecule has 0 saturated heterocycles. The van der Waals surface area contributed by atoms with E-state index >= 15 is 0 Å². The fraction of sp³-hybridized carbons (Fsp3) is 0. The van der Waals surface area contributed by atoms with Crippen LogP contribution in [0, 0.1) is 0 Å². The predicted octanol–water partition coefficient (Wildman–Crippen LogP) is 2.04. The summed E-state index contributed by atoms with van der Waals surface area (Å²) in [6.07, 6.45) is 5.39. The Kier molecular flexibility index (Phi) is 2.00. The van der Waals surface area contributed by atoms with Gasteiger partial charge < -0.3 is 0 Å². The molecule has 0 aliphatic carbocycles. The SMILES string of the molecule is C(=Cc1ncn[nH]1)c1ccsc1. The standard InChI is InChI=1S/C8H7N3S/c1(7-3-4-12-5-7)2-8-9-6-10-11-8/h1-6H,(H,9,10,11). The molecule has 0 radical (unpaired) electrons. The van der Waals surface area contributed by atoms with Crippen molar-refractivity contribution < 1.29 is 0 Å². The Morgan fingerprint density at radius 3 is 3.08 bits per heavy atom. The van der Waals surface area contributed by atoms with Crippen molar-refractivity contribution in [3.05, 3.63) is 34.5 Å². The van der Waals surface area contributed by atoms with Crippen molar-refractivity contribution in [3.63, 3.8) is 0 Å². The van der Waals surface area contributed by atoms with E-state index in [1.54, 1.807) is 11.3 Å². The number of H-pyrrole nitrogens is 1. The van der Waals surface area contributed by atoms with Crippen LogP contribution in [0.2, 0.25) is 0 Å². The lowest BCUT2D eigenvalue weighted by atomic mass is 10.3. The van der Waals surface area contributed by atoms with E-state index < -0.39 is 0 Å². The van der Waals surface area contributed by atoms with Crippen LogP contribution in [0.25, 0.3) is 12.2 Å². The summed E-state index contributed by atoms with van der Waals surface area (Å²) in [6.45, 7) is 0. The molecule has 0 fully saturated rings. The molecular formula is C8H7N3S. The van der Waals surface area contributed by atoms with Crippen molar-refractivity contribution in [2.45, 2.75) is 0 Å². The lowest BCUT2D eigenvalue weighted by molar-refractivity contribution is 1.08. The van der Waals surface area contributed by atoms with Crippen molar-refractivity contribution in [3.8, 4) is 0 Å². The van der Waals surface area contributed by atoms with Gasteiger partial charge in [-0.2, -0.15) is 16.4 Å². The van der Waals surface area contributed by atoms with Gasteiger partial charge in [0.25, 0.3) is 0 Å². The molecule has 0 unspecified atom stereocenters. The molecule has 1 N–H and O–H groups in total. The maximum Gasteiger partial charge on any atom is 0.148 e. The van der Waals surface area contributed by atoms with Crippen molar-refractivity contribution in [1.29, 1.82) is 0 Å². The number of aromatic nitrogens is 3. The van der Waals surface area contributed by atoms with Crippen LogP contribution < -0.4 is 0 Å². The van der Waals surface area contributed by atoms with Crippen LogP contribution in [-0.4, -0.2) is 15.2 Å². The average Bonchev–Trinajstić information content (AvgIpc) is 2.74. The molecule has 0 atom stereocenters. The summed E-state index contributed by atoms with van der Waals surface area (Å²) >= 11 is 1.68. The highest BCUT2D eigenvalue weighted by atomic mass is 32.1. The molecule has 12 heavy (non-hydrogen) atoms. The van der Waals surface area contributed by atoms with E-state index in [1.807, 2.05) is 17.5 Å². The molecular weight excluding hydrogens is 170 g/mol. The van der Waals surface area contributed by atoms with Gasteiger partial charge in [0, 0.05) is 0 Å². The Morgan fingerprint density at radius 2 is 2.42 bits per heavy atom. The monoisotopic (exact) mass is 177 g/mol.